The van der Waals surface area contributed by atoms with Gasteiger partial charge in [-0.3, -0.25) is 4.79 Å². The van der Waals surface area contributed by atoms with E-state index in [1.807, 2.05) is 19.1 Å². The minimum Gasteiger partial charge on any atom is -0.481 e. The van der Waals surface area contributed by atoms with Gasteiger partial charge in [-0.2, -0.15) is 0 Å². The molecule has 1 aliphatic carbocycles. The number of rotatable bonds is 4. The van der Waals surface area contributed by atoms with Crippen molar-refractivity contribution in [1.29, 1.82) is 0 Å². The Morgan fingerprint density at radius 1 is 1.44 bits per heavy atom. The largest absolute Gasteiger partial charge is 0.481 e. The Balaban J connectivity index is 2.45. The van der Waals surface area contributed by atoms with Gasteiger partial charge < -0.3 is 5.11 Å². The second-order valence-corrected chi connectivity index (χ2v) is 4.85. The average Bonchev–Trinajstić information content (AvgIpc) is 3.06. The summed E-state index contributed by atoms with van der Waals surface area (Å²) in [5.41, 5.74) is 0.180. The molecule has 2 nitrogen and oxygen atoms in total. The molecule has 1 aromatic carbocycles. The third-order valence-corrected chi connectivity index (χ3v) is 3.82. The summed E-state index contributed by atoms with van der Waals surface area (Å²) in [7, 11) is 0. The summed E-state index contributed by atoms with van der Waals surface area (Å²) in [6, 6.07) is 7.23. The quantitative estimate of drug-likeness (QED) is 0.872. The van der Waals surface area contributed by atoms with Gasteiger partial charge in [0.25, 0.3) is 0 Å². The summed E-state index contributed by atoms with van der Waals surface area (Å²) in [4.78, 5) is 11.6. The molecule has 0 saturated heterocycles. The van der Waals surface area contributed by atoms with Crippen molar-refractivity contribution in [3.63, 3.8) is 0 Å². The second-order valence-electron chi connectivity index (χ2n) is 4.41. The lowest BCUT2D eigenvalue weighted by Crippen LogP contribution is -2.37. The molecule has 1 unspecified atom stereocenters. The predicted molar refractivity (Wildman–Crippen MR) is 63.8 cm³/mol. The first-order chi connectivity index (χ1) is 7.61. The maximum absolute atomic E-state index is 11.6. The number of hydrogen-bond donors (Lipinski definition) is 1. The van der Waals surface area contributed by atoms with Crippen molar-refractivity contribution in [2.45, 2.75) is 31.6 Å². The van der Waals surface area contributed by atoms with Gasteiger partial charge in [0, 0.05) is 5.02 Å². The molecule has 1 aromatic rings. The minimum absolute atomic E-state index is 0.288. The summed E-state index contributed by atoms with van der Waals surface area (Å²) in [5, 5.41) is 10.2. The first-order valence-electron chi connectivity index (χ1n) is 5.60. The maximum atomic E-state index is 11.6. The molecule has 0 amide bonds. The van der Waals surface area contributed by atoms with Crippen LogP contribution < -0.4 is 0 Å². The minimum atomic E-state index is -0.708. The molecule has 86 valence electrons. The molecule has 0 aromatic heterocycles. The van der Waals surface area contributed by atoms with E-state index in [1.165, 1.54) is 0 Å². The molecule has 0 aliphatic heterocycles. The van der Waals surface area contributed by atoms with E-state index in [0.717, 1.165) is 18.4 Å². The van der Waals surface area contributed by atoms with Crippen LogP contribution in [0.1, 0.15) is 31.7 Å². The van der Waals surface area contributed by atoms with Crippen molar-refractivity contribution < 1.29 is 9.90 Å². The standard InChI is InChI=1S/C13H15ClO2/c1-2-13(12(15)16,9-3-4-9)10-5-7-11(14)8-6-10/h5-9H,2-4H2,1H3,(H,15,16). The van der Waals surface area contributed by atoms with Crippen LogP contribution in [0.3, 0.4) is 0 Å². The number of aliphatic carboxylic acids is 1. The maximum Gasteiger partial charge on any atom is 0.314 e. The van der Waals surface area contributed by atoms with Crippen molar-refractivity contribution >= 4 is 17.6 Å². The Morgan fingerprint density at radius 3 is 2.38 bits per heavy atom. The zero-order valence-electron chi connectivity index (χ0n) is 9.24. The highest BCUT2D eigenvalue weighted by molar-refractivity contribution is 6.30. The van der Waals surface area contributed by atoms with Gasteiger partial charge in [0.05, 0.1) is 5.41 Å². The van der Waals surface area contributed by atoms with Crippen molar-refractivity contribution in [2.24, 2.45) is 5.92 Å². The topological polar surface area (TPSA) is 37.3 Å². The Bertz CT molecular complexity index is 395. The third kappa shape index (κ3) is 1.71. The van der Waals surface area contributed by atoms with Gasteiger partial charge >= 0.3 is 5.97 Å². The van der Waals surface area contributed by atoms with Crippen LogP contribution in [-0.4, -0.2) is 11.1 Å². The van der Waals surface area contributed by atoms with Gasteiger partial charge in [0.15, 0.2) is 0 Å². The molecular weight excluding hydrogens is 224 g/mol. The molecule has 1 N–H and O–H groups in total. The van der Waals surface area contributed by atoms with Gasteiger partial charge in [0.2, 0.25) is 0 Å². The Hall–Kier alpha value is -1.02. The van der Waals surface area contributed by atoms with E-state index in [9.17, 15) is 9.90 Å². The van der Waals surface area contributed by atoms with Crippen LogP contribution in [0.15, 0.2) is 24.3 Å². The van der Waals surface area contributed by atoms with Crippen molar-refractivity contribution in [1.82, 2.24) is 0 Å². The number of halogens is 1. The fraction of sp³-hybridized carbons (Fsp3) is 0.462. The van der Waals surface area contributed by atoms with E-state index in [0.29, 0.717) is 11.4 Å². The van der Waals surface area contributed by atoms with E-state index in [-0.39, 0.29) is 5.92 Å². The number of carboxylic acids is 1. The molecule has 1 fully saturated rings. The van der Waals surface area contributed by atoms with Crippen molar-refractivity contribution in [2.75, 3.05) is 0 Å². The van der Waals surface area contributed by atoms with Crippen LogP contribution in [0.2, 0.25) is 5.02 Å². The molecule has 16 heavy (non-hydrogen) atoms. The molecule has 0 bridgehead atoms. The summed E-state index contributed by atoms with van der Waals surface area (Å²) in [6.07, 6.45) is 2.67. The van der Waals surface area contributed by atoms with Crippen LogP contribution in [0.4, 0.5) is 0 Å². The van der Waals surface area contributed by atoms with Crippen molar-refractivity contribution in [3.05, 3.63) is 34.9 Å². The number of hydrogen-bond acceptors (Lipinski definition) is 1. The van der Waals surface area contributed by atoms with Gasteiger partial charge in [-0.15, -0.1) is 0 Å². The molecule has 3 heteroatoms. The lowest BCUT2D eigenvalue weighted by Gasteiger charge is -2.28. The number of carbonyl (C=O) groups is 1. The summed E-state index contributed by atoms with van der Waals surface area (Å²) < 4.78 is 0. The van der Waals surface area contributed by atoms with E-state index < -0.39 is 11.4 Å². The predicted octanol–water partition coefficient (Wildman–Crippen LogP) is 3.48. The third-order valence-electron chi connectivity index (χ3n) is 3.57. The SMILES string of the molecule is CCC(C(=O)O)(c1ccc(Cl)cc1)C1CC1. The summed E-state index contributed by atoms with van der Waals surface area (Å²) >= 11 is 5.83. The average molecular weight is 239 g/mol. The van der Waals surface area contributed by atoms with Crippen LogP contribution in [0.5, 0.6) is 0 Å². The Kier molecular flexibility index (Phi) is 2.94. The molecule has 0 spiro atoms. The number of benzene rings is 1. The first kappa shape index (κ1) is 11.5. The molecule has 0 radical (unpaired) electrons. The molecular formula is C13H15ClO2. The number of carboxylic acid groups (broad SMARTS) is 1. The highest BCUT2D eigenvalue weighted by Crippen LogP contribution is 2.49. The normalized spacial score (nSPS) is 19.1. The smallest absolute Gasteiger partial charge is 0.314 e. The molecule has 0 heterocycles. The first-order valence-corrected chi connectivity index (χ1v) is 5.98. The Morgan fingerprint density at radius 2 is 2.00 bits per heavy atom. The monoisotopic (exact) mass is 238 g/mol. The van der Waals surface area contributed by atoms with Gasteiger partial charge in [0.1, 0.15) is 0 Å². The highest BCUT2D eigenvalue weighted by Gasteiger charge is 2.50. The van der Waals surface area contributed by atoms with Gasteiger partial charge in [-0.1, -0.05) is 30.7 Å². The van der Waals surface area contributed by atoms with Crippen LogP contribution >= 0.6 is 11.6 Å². The van der Waals surface area contributed by atoms with E-state index in [2.05, 4.69) is 0 Å². The van der Waals surface area contributed by atoms with E-state index in [1.54, 1.807) is 12.1 Å². The van der Waals surface area contributed by atoms with Crippen LogP contribution in [-0.2, 0) is 10.2 Å². The van der Waals surface area contributed by atoms with E-state index in [4.69, 9.17) is 11.6 Å². The molecule has 1 aliphatic rings. The zero-order valence-corrected chi connectivity index (χ0v) is 10.00. The van der Waals surface area contributed by atoms with Gasteiger partial charge in [-0.05, 0) is 42.9 Å². The zero-order chi connectivity index (χ0) is 11.8. The summed E-state index contributed by atoms with van der Waals surface area (Å²) in [6.45, 7) is 1.95. The Labute approximate surface area is 100 Å². The van der Waals surface area contributed by atoms with Gasteiger partial charge in [-0.25, -0.2) is 0 Å². The lowest BCUT2D eigenvalue weighted by molar-refractivity contribution is -0.145. The lowest BCUT2D eigenvalue weighted by atomic mass is 9.74. The highest BCUT2D eigenvalue weighted by atomic mass is 35.5. The molecule has 1 saturated carbocycles. The fourth-order valence-electron chi connectivity index (χ4n) is 2.50. The fourth-order valence-corrected chi connectivity index (χ4v) is 2.63. The summed E-state index contributed by atoms with van der Waals surface area (Å²) in [5.74, 6) is -0.420. The molecule has 2 rings (SSSR count). The second kappa shape index (κ2) is 4.10. The van der Waals surface area contributed by atoms with Crippen molar-refractivity contribution in [3.8, 4) is 0 Å². The molecule has 1 atom stereocenters. The van der Waals surface area contributed by atoms with E-state index >= 15 is 0 Å². The van der Waals surface area contributed by atoms with Crippen LogP contribution in [0.25, 0.3) is 0 Å². The van der Waals surface area contributed by atoms with Crippen LogP contribution in [0, 0.1) is 5.92 Å².